The van der Waals surface area contributed by atoms with Crippen LogP contribution in [0.15, 0.2) is 22.7 Å². The molecule has 1 atom stereocenters. The van der Waals surface area contributed by atoms with Crippen molar-refractivity contribution in [1.82, 2.24) is 9.80 Å². The summed E-state index contributed by atoms with van der Waals surface area (Å²) in [5.74, 6) is 0.515. The molecule has 4 rings (SSSR count). The van der Waals surface area contributed by atoms with Crippen LogP contribution < -0.4 is 9.64 Å². The molecule has 2 amide bonds. The van der Waals surface area contributed by atoms with E-state index >= 15 is 0 Å². The number of rotatable bonds is 4. The molecule has 1 aromatic rings. The largest absolute Gasteiger partial charge is 0.482 e. The molecule has 0 aromatic heterocycles. The lowest BCUT2D eigenvalue weighted by molar-refractivity contribution is -0.132. The SMILES string of the molecule is O=C1COc2cc(Br)ccc2N1CC(=O)N1CCCC1CN1CCCC1. The van der Waals surface area contributed by atoms with Gasteiger partial charge < -0.3 is 14.5 Å². The third-order valence-corrected chi connectivity index (χ3v) is 6.02. The van der Waals surface area contributed by atoms with Crippen LogP contribution in [0.2, 0.25) is 0 Å². The molecule has 1 aromatic carbocycles. The van der Waals surface area contributed by atoms with Crippen molar-refractivity contribution in [2.24, 2.45) is 0 Å². The van der Waals surface area contributed by atoms with E-state index in [9.17, 15) is 9.59 Å². The lowest BCUT2D eigenvalue weighted by atomic mass is 10.2. The zero-order valence-electron chi connectivity index (χ0n) is 14.8. The first-order valence-corrected chi connectivity index (χ1v) is 10.2. The number of amides is 2. The van der Waals surface area contributed by atoms with E-state index in [1.165, 1.54) is 12.8 Å². The summed E-state index contributed by atoms with van der Waals surface area (Å²) in [5, 5.41) is 0. The molecule has 0 saturated carbocycles. The normalized spacial score (nSPS) is 23.3. The molecule has 140 valence electrons. The number of nitrogens with zero attached hydrogens (tertiary/aromatic N) is 3. The van der Waals surface area contributed by atoms with Gasteiger partial charge in [0.2, 0.25) is 5.91 Å². The number of carbonyl (C=O) groups excluding carboxylic acids is 2. The van der Waals surface area contributed by atoms with E-state index in [4.69, 9.17) is 4.74 Å². The van der Waals surface area contributed by atoms with Crippen LogP contribution in [0.4, 0.5) is 5.69 Å². The van der Waals surface area contributed by atoms with Crippen molar-refractivity contribution >= 4 is 33.4 Å². The molecular formula is C19H24BrN3O3. The molecule has 6 nitrogen and oxygen atoms in total. The van der Waals surface area contributed by atoms with E-state index in [1.807, 2.05) is 23.1 Å². The van der Waals surface area contributed by atoms with Gasteiger partial charge in [0.1, 0.15) is 12.3 Å². The van der Waals surface area contributed by atoms with Crippen LogP contribution in [0.5, 0.6) is 5.75 Å². The summed E-state index contributed by atoms with van der Waals surface area (Å²) in [6.45, 7) is 4.11. The Bertz CT molecular complexity index is 705. The fourth-order valence-electron chi connectivity index (χ4n) is 4.19. The Labute approximate surface area is 162 Å². The molecule has 3 aliphatic rings. The molecule has 2 saturated heterocycles. The number of halogens is 1. The van der Waals surface area contributed by atoms with Crippen molar-refractivity contribution in [2.45, 2.75) is 31.7 Å². The average Bonchev–Trinajstić information content (AvgIpc) is 3.29. The average molecular weight is 422 g/mol. The third kappa shape index (κ3) is 3.60. The maximum atomic E-state index is 13.0. The first-order valence-electron chi connectivity index (χ1n) is 9.36. The molecule has 3 aliphatic heterocycles. The number of benzene rings is 1. The molecule has 3 heterocycles. The third-order valence-electron chi connectivity index (χ3n) is 5.52. The van der Waals surface area contributed by atoms with Gasteiger partial charge in [-0.15, -0.1) is 0 Å². The molecule has 0 bridgehead atoms. The first kappa shape index (κ1) is 17.8. The van der Waals surface area contributed by atoms with Crippen molar-refractivity contribution < 1.29 is 14.3 Å². The van der Waals surface area contributed by atoms with Crippen LogP contribution in [0.3, 0.4) is 0 Å². The predicted octanol–water partition coefficient (Wildman–Crippen LogP) is 2.26. The second-order valence-corrected chi connectivity index (χ2v) is 8.19. The van der Waals surface area contributed by atoms with E-state index in [0.29, 0.717) is 11.4 Å². The van der Waals surface area contributed by atoms with Gasteiger partial charge in [-0.25, -0.2) is 0 Å². The summed E-state index contributed by atoms with van der Waals surface area (Å²) in [6, 6.07) is 5.81. The molecular weight excluding hydrogens is 398 g/mol. The molecule has 7 heteroatoms. The van der Waals surface area contributed by atoms with Gasteiger partial charge in [-0.1, -0.05) is 15.9 Å². The number of hydrogen-bond donors (Lipinski definition) is 0. The van der Waals surface area contributed by atoms with E-state index in [2.05, 4.69) is 20.8 Å². The van der Waals surface area contributed by atoms with E-state index in [0.717, 1.165) is 43.5 Å². The van der Waals surface area contributed by atoms with Crippen molar-refractivity contribution in [2.75, 3.05) is 44.2 Å². The van der Waals surface area contributed by atoms with Crippen molar-refractivity contribution in [3.05, 3.63) is 22.7 Å². The Kier molecular flexibility index (Phi) is 5.18. The number of ether oxygens (including phenoxy) is 1. The lowest BCUT2D eigenvalue weighted by Gasteiger charge is -2.33. The lowest BCUT2D eigenvalue weighted by Crippen LogP contribution is -2.49. The van der Waals surface area contributed by atoms with Crippen LogP contribution in [0, 0.1) is 0 Å². The maximum Gasteiger partial charge on any atom is 0.265 e. The fraction of sp³-hybridized carbons (Fsp3) is 0.579. The number of anilines is 1. The summed E-state index contributed by atoms with van der Waals surface area (Å²) >= 11 is 3.42. The molecule has 0 aliphatic carbocycles. The Morgan fingerprint density at radius 3 is 2.81 bits per heavy atom. The Morgan fingerprint density at radius 1 is 1.19 bits per heavy atom. The van der Waals surface area contributed by atoms with Crippen LogP contribution >= 0.6 is 15.9 Å². The van der Waals surface area contributed by atoms with Crippen LogP contribution in [0.25, 0.3) is 0 Å². The first-order chi connectivity index (χ1) is 12.6. The maximum absolute atomic E-state index is 13.0. The van der Waals surface area contributed by atoms with Crippen LogP contribution in [0.1, 0.15) is 25.7 Å². The number of hydrogen-bond acceptors (Lipinski definition) is 4. The van der Waals surface area contributed by atoms with Gasteiger partial charge in [0, 0.05) is 23.6 Å². The highest BCUT2D eigenvalue weighted by Crippen LogP contribution is 2.34. The number of carbonyl (C=O) groups is 2. The van der Waals surface area contributed by atoms with Gasteiger partial charge in [-0.05, 0) is 57.0 Å². The molecule has 0 N–H and O–H groups in total. The second kappa shape index (κ2) is 7.56. The van der Waals surface area contributed by atoms with Gasteiger partial charge in [0.15, 0.2) is 6.61 Å². The predicted molar refractivity (Wildman–Crippen MR) is 102 cm³/mol. The van der Waals surface area contributed by atoms with Gasteiger partial charge in [0.05, 0.1) is 5.69 Å². The molecule has 2 fully saturated rings. The Morgan fingerprint density at radius 2 is 2.00 bits per heavy atom. The molecule has 26 heavy (non-hydrogen) atoms. The van der Waals surface area contributed by atoms with Crippen LogP contribution in [-0.2, 0) is 9.59 Å². The minimum atomic E-state index is -0.163. The van der Waals surface area contributed by atoms with Gasteiger partial charge in [0.25, 0.3) is 5.91 Å². The summed E-state index contributed by atoms with van der Waals surface area (Å²) in [6.07, 6.45) is 4.62. The minimum absolute atomic E-state index is 0.0199. The minimum Gasteiger partial charge on any atom is -0.482 e. The fourth-order valence-corrected chi connectivity index (χ4v) is 4.53. The van der Waals surface area contributed by atoms with E-state index < -0.39 is 0 Å². The zero-order valence-corrected chi connectivity index (χ0v) is 16.4. The smallest absolute Gasteiger partial charge is 0.265 e. The summed E-state index contributed by atoms with van der Waals surface area (Å²) < 4.78 is 6.40. The van der Waals surface area contributed by atoms with E-state index in [-0.39, 0.29) is 31.0 Å². The highest BCUT2D eigenvalue weighted by molar-refractivity contribution is 9.10. The number of likely N-dealkylation sites (tertiary alicyclic amines) is 2. The zero-order chi connectivity index (χ0) is 18.1. The topological polar surface area (TPSA) is 53.1 Å². The summed E-state index contributed by atoms with van der Waals surface area (Å²) in [5.41, 5.74) is 0.674. The number of fused-ring (bicyclic) bond motifs is 1. The molecule has 0 spiro atoms. The standard InChI is InChI=1S/C19H24BrN3O3/c20-14-5-6-16-17(10-14)26-13-19(25)23(16)12-18(24)22-9-3-4-15(22)11-21-7-1-2-8-21/h5-6,10,15H,1-4,7-9,11-13H2. The van der Waals surface area contributed by atoms with Crippen LogP contribution in [-0.4, -0.2) is 67.0 Å². The van der Waals surface area contributed by atoms with Gasteiger partial charge >= 0.3 is 0 Å². The summed E-state index contributed by atoms with van der Waals surface area (Å²) in [7, 11) is 0. The monoisotopic (exact) mass is 421 g/mol. The Hall–Kier alpha value is -1.60. The Balaban J connectivity index is 1.46. The van der Waals surface area contributed by atoms with Gasteiger partial charge in [-0.3, -0.25) is 14.5 Å². The molecule has 0 radical (unpaired) electrons. The quantitative estimate of drug-likeness (QED) is 0.747. The van der Waals surface area contributed by atoms with E-state index in [1.54, 1.807) is 4.90 Å². The summed E-state index contributed by atoms with van der Waals surface area (Å²) in [4.78, 5) is 31.4. The molecule has 1 unspecified atom stereocenters. The van der Waals surface area contributed by atoms with Crippen molar-refractivity contribution in [3.63, 3.8) is 0 Å². The van der Waals surface area contributed by atoms with Crippen molar-refractivity contribution in [3.8, 4) is 5.75 Å². The van der Waals surface area contributed by atoms with Crippen molar-refractivity contribution in [1.29, 1.82) is 0 Å². The second-order valence-electron chi connectivity index (χ2n) is 7.27. The van der Waals surface area contributed by atoms with Gasteiger partial charge in [-0.2, -0.15) is 0 Å². The highest BCUT2D eigenvalue weighted by atomic mass is 79.9. The highest BCUT2D eigenvalue weighted by Gasteiger charge is 2.34.